The molecule has 0 bridgehead atoms. The molecular formula is C10H13BF3K. The number of aryl methyl sites for hydroxylation is 2. The maximum Gasteiger partial charge on any atom is 1.00 e. The third-order valence-electron chi connectivity index (χ3n) is 2.35. The Bertz CT molecular complexity index is 323. The molecule has 78 valence electrons. The van der Waals surface area contributed by atoms with Crippen molar-refractivity contribution in [3.05, 3.63) is 29.3 Å². The SMILES string of the molecule is CCc1ccc(CC)c([B-](F)(F)F)c1.[K+]. The summed E-state index contributed by atoms with van der Waals surface area (Å²) in [5, 5.41) is 0. The van der Waals surface area contributed by atoms with Crippen LogP contribution in [0.1, 0.15) is 25.0 Å². The van der Waals surface area contributed by atoms with Crippen molar-refractivity contribution < 1.29 is 64.3 Å². The zero-order valence-corrected chi connectivity index (χ0v) is 12.5. The number of halogens is 3. The van der Waals surface area contributed by atoms with E-state index in [9.17, 15) is 12.9 Å². The van der Waals surface area contributed by atoms with Gasteiger partial charge in [0, 0.05) is 0 Å². The van der Waals surface area contributed by atoms with Crippen LogP contribution in [0, 0.1) is 0 Å². The van der Waals surface area contributed by atoms with Crippen LogP contribution in [-0.4, -0.2) is 6.98 Å². The summed E-state index contributed by atoms with van der Waals surface area (Å²) in [7, 11) is 0. The van der Waals surface area contributed by atoms with E-state index in [-0.39, 0.29) is 51.4 Å². The van der Waals surface area contributed by atoms with Gasteiger partial charge in [-0.3, -0.25) is 0 Å². The Morgan fingerprint density at radius 1 is 1.07 bits per heavy atom. The summed E-state index contributed by atoms with van der Waals surface area (Å²) in [5.41, 5.74) is 0.720. The zero-order chi connectivity index (χ0) is 10.8. The van der Waals surface area contributed by atoms with E-state index >= 15 is 0 Å². The van der Waals surface area contributed by atoms with Crippen molar-refractivity contribution in [3.8, 4) is 0 Å². The van der Waals surface area contributed by atoms with Crippen molar-refractivity contribution in [2.45, 2.75) is 26.7 Å². The molecule has 0 amide bonds. The fourth-order valence-electron chi connectivity index (χ4n) is 1.49. The third kappa shape index (κ3) is 4.23. The molecule has 1 rings (SSSR count). The van der Waals surface area contributed by atoms with Gasteiger partial charge in [-0.25, -0.2) is 0 Å². The number of hydrogen-bond donors (Lipinski definition) is 0. The first-order valence-corrected chi connectivity index (χ1v) is 4.80. The average Bonchev–Trinajstić information content (AvgIpc) is 2.15. The normalized spacial score (nSPS) is 11.0. The monoisotopic (exact) mass is 240 g/mol. The van der Waals surface area contributed by atoms with Gasteiger partial charge in [-0.1, -0.05) is 43.2 Å². The standard InChI is InChI=1S/C10H13BF3.K/c1-3-8-5-6-9(4-2)10(7-8)11(12,13)14;/h5-7H,3-4H2,1-2H3;/q-1;+1. The van der Waals surface area contributed by atoms with E-state index in [1.165, 1.54) is 6.07 Å². The Kier molecular flexibility index (Phi) is 6.75. The van der Waals surface area contributed by atoms with E-state index in [0.29, 0.717) is 18.4 Å². The van der Waals surface area contributed by atoms with Crippen LogP contribution in [0.25, 0.3) is 0 Å². The molecule has 0 atom stereocenters. The molecule has 1 aromatic rings. The van der Waals surface area contributed by atoms with E-state index in [1.807, 2.05) is 6.92 Å². The predicted octanol–water partition coefficient (Wildman–Crippen LogP) is -0.130. The Balaban J connectivity index is 0.00000196. The Hall–Kier alpha value is 0.711. The van der Waals surface area contributed by atoms with Gasteiger partial charge in [-0.05, 0) is 12.8 Å². The molecule has 0 N–H and O–H groups in total. The van der Waals surface area contributed by atoms with Crippen LogP contribution in [0.4, 0.5) is 12.9 Å². The van der Waals surface area contributed by atoms with E-state index in [4.69, 9.17) is 0 Å². The van der Waals surface area contributed by atoms with Gasteiger partial charge in [0.1, 0.15) is 0 Å². The second-order valence-corrected chi connectivity index (χ2v) is 3.32. The van der Waals surface area contributed by atoms with Crippen molar-refractivity contribution in [1.29, 1.82) is 0 Å². The molecule has 0 aliphatic rings. The Morgan fingerprint density at radius 2 is 1.67 bits per heavy atom. The van der Waals surface area contributed by atoms with Gasteiger partial charge >= 0.3 is 58.4 Å². The number of hydrogen-bond acceptors (Lipinski definition) is 0. The van der Waals surface area contributed by atoms with Crippen LogP contribution < -0.4 is 56.8 Å². The van der Waals surface area contributed by atoms with Gasteiger partial charge in [0.15, 0.2) is 0 Å². The molecule has 0 spiro atoms. The largest absolute Gasteiger partial charge is 1.00 e. The van der Waals surface area contributed by atoms with Gasteiger partial charge in [0.05, 0.1) is 0 Å². The molecular weight excluding hydrogens is 227 g/mol. The quantitative estimate of drug-likeness (QED) is 0.646. The van der Waals surface area contributed by atoms with Crippen molar-refractivity contribution >= 4 is 12.4 Å². The van der Waals surface area contributed by atoms with Crippen molar-refractivity contribution in [2.24, 2.45) is 0 Å². The first-order chi connectivity index (χ1) is 6.49. The van der Waals surface area contributed by atoms with Crippen LogP contribution in [0.3, 0.4) is 0 Å². The van der Waals surface area contributed by atoms with Gasteiger partial charge in [-0.15, -0.1) is 5.46 Å². The van der Waals surface area contributed by atoms with E-state index in [0.717, 1.165) is 5.56 Å². The summed E-state index contributed by atoms with van der Waals surface area (Å²) in [5.74, 6) is 0. The van der Waals surface area contributed by atoms with E-state index < -0.39 is 12.4 Å². The van der Waals surface area contributed by atoms with Crippen LogP contribution in [0.2, 0.25) is 0 Å². The molecule has 15 heavy (non-hydrogen) atoms. The topological polar surface area (TPSA) is 0 Å². The summed E-state index contributed by atoms with van der Waals surface area (Å²) in [4.78, 5) is 0. The molecule has 0 saturated heterocycles. The smallest absolute Gasteiger partial charge is 0.445 e. The van der Waals surface area contributed by atoms with Gasteiger partial charge < -0.3 is 12.9 Å². The molecule has 0 unspecified atom stereocenters. The summed E-state index contributed by atoms with van der Waals surface area (Å²) in [6, 6.07) is 4.63. The first-order valence-electron chi connectivity index (χ1n) is 4.80. The maximum absolute atomic E-state index is 12.6. The summed E-state index contributed by atoms with van der Waals surface area (Å²) < 4.78 is 37.8. The third-order valence-corrected chi connectivity index (χ3v) is 2.35. The van der Waals surface area contributed by atoms with Crippen molar-refractivity contribution in [3.63, 3.8) is 0 Å². The first kappa shape index (κ1) is 15.7. The fourth-order valence-corrected chi connectivity index (χ4v) is 1.49. The molecule has 0 aliphatic carbocycles. The van der Waals surface area contributed by atoms with Gasteiger partial charge in [0.2, 0.25) is 0 Å². The second kappa shape index (κ2) is 6.45. The Morgan fingerprint density at radius 3 is 2.07 bits per heavy atom. The maximum atomic E-state index is 12.6. The van der Waals surface area contributed by atoms with E-state index in [1.54, 1.807) is 19.1 Å². The summed E-state index contributed by atoms with van der Waals surface area (Å²) in [6.07, 6.45) is 1.07. The van der Waals surface area contributed by atoms with Crippen molar-refractivity contribution in [1.82, 2.24) is 0 Å². The molecule has 0 aromatic heterocycles. The minimum atomic E-state index is -4.87. The van der Waals surface area contributed by atoms with Gasteiger partial charge in [0.25, 0.3) is 0 Å². The molecule has 0 fully saturated rings. The summed E-state index contributed by atoms with van der Waals surface area (Å²) in [6.45, 7) is -1.27. The fraction of sp³-hybridized carbons (Fsp3) is 0.400. The average molecular weight is 240 g/mol. The van der Waals surface area contributed by atoms with Gasteiger partial charge in [-0.2, -0.15) is 0 Å². The minimum Gasteiger partial charge on any atom is -0.445 e. The molecule has 0 aliphatic heterocycles. The Labute approximate surface area is 131 Å². The van der Waals surface area contributed by atoms with Crippen LogP contribution in [0.5, 0.6) is 0 Å². The van der Waals surface area contributed by atoms with E-state index in [2.05, 4.69) is 0 Å². The second-order valence-electron chi connectivity index (χ2n) is 3.32. The predicted molar refractivity (Wildman–Crippen MR) is 53.9 cm³/mol. The van der Waals surface area contributed by atoms with Crippen LogP contribution >= 0.6 is 0 Å². The zero-order valence-electron chi connectivity index (χ0n) is 9.36. The number of benzene rings is 1. The van der Waals surface area contributed by atoms with Crippen LogP contribution in [0.15, 0.2) is 18.2 Å². The molecule has 5 heteroatoms. The molecule has 1 aromatic carbocycles. The van der Waals surface area contributed by atoms with Crippen molar-refractivity contribution in [2.75, 3.05) is 0 Å². The van der Waals surface area contributed by atoms with Crippen LogP contribution in [-0.2, 0) is 12.8 Å². The molecule has 0 nitrogen and oxygen atoms in total. The molecule has 0 heterocycles. The molecule has 0 radical (unpaired) electrons. The molecule has 0 saturated carbocycles. The minimum absolute atomic E-state index is 0. The number of rotatable bonds is 3. The summed E-state index contributed by atoms with van der Waals surface area (Å²) >= 11 is 0.